The fourth-order valence-electron chi connectivity index (χ4n) is 1.84. The average molecular weight is 221 g/mol. The van der Waals surface area contributed by atoms with Gasteiger partial charge in [-0.05, 0) is 44.0 Å². The van der Waals surface area contributed by atoms with E-state index in [-0.39, 0.29) is 11.8 Å². The van der Waals surface area contributed by atoms with Gasteiger partial charge in [-0.25, -0.2) is 0 Å². The monoisotopic (exact) mass is 221 g/mol. The van der Waals surface area contributed by atoms with Crippen molar-refractivity contribution >= 4 is 5.78 Å². The zero-order chi connectivity index (χ0) is 12.3. The predicted molar refractivity (Wildman–Crippen MR) is 65.1 cm³/mol. The number of benzene rings is 1. The van der Waals surface area contributed by atoms with E-state index in [1.807, 2.05) is 32.9 Å². The minimum atomic E-state index is -0.102. The van der Waals surface area contributed by atoms with Gasteiger partial charge in [-0.1, -0.05) is 0 Å². The van der Waals surface area contributed by atoms with Gasteiger partial charge in [0.2, 0.25) is 0 Å². The van der Waals surface area contributed by atoms with E-state index in [0.29, 0.717) is 12.0 Å². The summed E-state index contributed by atoms with van der Waals surface area (Å²) in [5, 5.41) is 0. The number of carbonyl (C=O) groups is 1. The highest BCUT2D eigenvalue weighted by Crippen LogP contribution is 2.24. The van der Waals surface area contributed by atoms with E-state index in [4.69, 9.17) is 10.5 Å². The minimum Gasteiger partial charge on any atom is -0.496 e. The summed E-state index contributed by atoms with van der Waals surface area (Å²) in [6, 6.07) is 3.61. The molecule has 0 aromatic heterocycles. The number of hydrogen-bond acceptors (Lipinski definition) is 3. The van der Waals surface area contributed by atoms with Crippen LogP contribution in [0.3, 0.4) is 0 Å². The van der Waals surface area contributed by atoms with Crippen LogP contribution in [0.2, 0.25) is 0 Å². The van der Waals surface area contributed by atoms with Gasteiger partial charge in [0.1, 0.15) is 5.75 Å². The number of rotatable bonds is 4. The molecule has 0 radical (unpaired) electrons. The van der Waals surface area contributed by atoms with E-state index in [2.05, 4.69) is 0 Å². The molecule has 0 heterocycles. The zero-order valence-corrected chi connectivity index (χ0v) is 10.3. The van der Waals surface area contributed by atoms with E-state index < -0.39 is 0 Å². The average Bonchev–Trinajstić information content (AvgIpc) is 2.16. The Labute approximate surface area is 96.6 Å². The summed E-state index contributed by atoms with van der Waals surface area (Å²) >= 11 is 0. The molecule has 3 nitrogen and oxygen atoms in total. The summed E-state index contributed by atoms with van der Waals surface area (Å²) in [7, 11) is 1.64. The molecule has 88 valence electrons. The Morgan fingerprint density at radius 3 is 2.25 bits per heavy atom. The molecule has 3 heteroatoms. The van der Waals surface area contributed by atoms with Crippen molar-refractivity contribution < 1.29 is 9.53 Å². The first-order valence-electron chi connectivity index (χ1n) is 5.39. The fourth-order valence-corrected chi connectivity index (χ4v) is 1.84. The van der Waals surface area contributed by atoms with Crippen molar-refractivity contribution in [2.45, 2.75) is 33.2 Å². The lowest BCUT2D eigenvalue weighted by Gasteiger charge is -2.11. The molecular formula is C13H19NO2. The lowest BCUT2D eigenvalue weighted by Crippen LogP contribution is -2.19. The van der Waals surface area contributed by atoms with Gasteiger partial charge in [-0.2, -0.15) is 0 Å². The van der Waals surface area contributed by atoms with Crippen molar-refractivity contribution in [3.8, 4) is 5.75 Å². The third-order valence-electron chi connectivity index (χ3n) is 2.49. The van der Waals surface area contributed by atoms with Crippen LogP contribution in [0.5, 0.6) is 5.75 Å². The third-order valence-corrected chi connectivity index (χ3v) is 2.49. The van der Waals surface area contributed by atoms with Gasteiger partial charge in [0.25, 0.3) is 0 Å². The lowest BCUT2D eigenvalue weighted by atomic mass is 9.99. The molecule has 1 atom stereocenters. The summed E-state index contributed by atoms with van der Waals surface area (Å²) in [4.78, 5) is 11.8. The van der Waals surface area contributed by atoms with Gasteiger partial charge < -0.3 is 10.5 Å². The second-order valence-electron chi connectivity index (χ2n) is 4.25. The van der Waals surface area contributed by atoms with Crippen LogP contribution in [0.15, 0.2) is 12.1 Å². The maximum absolute atomic E-state index is 11.8. The summed E-state index contributed by atoms with van der Waals surface area (Å²) in [5.41, 5.74) is 8.30. The molecule has 0 saturated carbocycles. The Morgan fingerprint density at radius 1 is 1.38 bits per heavy atom. The molecule has 0 saturated heterocycles. The van der Waals surface area contributed by atoms with Crippen LogP contribution >= 0.6 is 0 Å². The Bertz CT molecular complexity index is 374. The number of methoxy groups -OCH3 is 1. The molecule has 0 bridgehead atoms. The SMILES string of the molecule is COc1c(C)cc(C(=O)CC(C)N)cc1C. The fraction of sp³-hybridized carbons (Fsp3) is 0.462. The molecule has 1 unspecified atom stereocenters. The van der Waals surface area contributed by atoms with Crippen LogP contribution in [-0.2, 0) is 0 Å². The van der Waals surface area contributed by atoms with Gasteiger partial charge in [-0.15, -0.1) is 0 Å². The minimum absolute atomic E-state index is 0.0869. The number of ketones is 1. The van der Waals surface area contributed by atoms with Gasteiger partial charge in [-0.3, -0.25) is 4.79 Å². The first-order chi connectivity index (χ1) is 7.45. The number of ether oxygens (including phenoxy) is 1. The van der Waals surface area contributed by atoms with Crippen LogP contribution in [0, 0.1) is 13.8 Å². The normalized spacial score (nSPS) is 12.3. The molecule has 2 N–H and O–H groups in total. The highest BCUT2D eigenvalue weighted by Gasteiger charge is 2.12. The first kappa shape index (κ1) is 12.7. The Balaban J connectivity index is 3.04. The molecule has 1 aromatic carbocycles. The summed E-state index contributed by atoms with van der Waals surface area (Å²) in [6.07, 6.45) is 0.380. The Morgan fingerprint density at radius 2 is 1.88 bits per heavy atom. The van der Waals surface area contributed by atoms with E-state index in [0.717, 1.165) is 16.9 Å². The highest BCUT2D eigenvalue weighted by atomic mass is 16.5. The first-order valence-corrected chi connectivity index (χ1v) is 5.39. The predicted octanol–water partition coefficient (Wildman–Crippen LogP) is 2.23. The van der Waals surface area contributed by atoms with Crippen LogP contribution in [0.4, 0.5) is 0 Å². The number of Topliss-reactive ketones (excluding diaryl/α,β-unsaturated/α-hetero) is 1. The van der Waals surface area contributed by atoms with Crippen molar-refractivity contribution in [3.05, 3.63) is 28.8 Å². The molecule has 1 aromatic rings. The van der Waals surface area contributed by atoms with Crippen molar-refractivity contribution in [1.29, 1.82) is 0 Å². The number of aryl methyl sites for hydroxylation is 2. The molecule has 0 spiro atoms. The molecular weight excluding hydrogens is 202 g/mol. The molecule has 0 aliphatic carbocycles. The lowest BCUT2D eigenvalue weighted by molar-refractivity contribution is 0.0976. The van der Waals surface area contributed by atoms with Crippen molar-refractivity contribution in [1.82, 2.24) is 0 Å². The maximum atomic E-state index is 11.8. The van der Waals surface area contributed by atoms with Crippen LogP contribution < -0.4 is 10.5 Å². The second kappa shape index (κ2) is 5.12. The maximum Gasteiger partial charge on any atom is 0.164 e. The molecule has 0 fully saturated rings. The smallest absolute Gasteiger partial charge is 0.164 e. The topological polar surface area (TPSA) is 52.3 Å². The Hall–Kier alpha value is -1.35. The molecule has 16 heavy (non-hydrogen) atoms. The molecule has 0 amide bonds. The Kier molecular flexibility index (Phi) is 4.07. The van der Waals surface area contributed by atoms with E-state index >= 15 is 0 Å². The van der Waals surface area contributed by atoms with Crippen LogP contribution in [-0.4, -0.2) is 18.9 Å². The summed E-state index contributed by atoms with van der Waals surface area (Å²) < 4.78 is 5.26. The summed E-state index contributed by atoms with van der Waals surface area (Å²) in [5.74, 6) is 0.932. The third kappa shape index (κ3) is 2.83. The highest BCUT2D eigenvalue weighted by molar-refractivity contribution is 5.97. The van der Waals surface area contributed by atoms with E-state index in [9.17, 15) is 4.79 Å². The van der Waals surface area contributed by atoms with Crippen molar-refractivity contribution in [2.75, 3.05) is 7.11 Å². The van der Waals surface area contributed by atoms with E-state index in [1.54, 1.807) is 7.11 Å². The molecule has 0 aliphatic rings. The number of carbonyl (C=O) groups excluding carboxylic acids is 1. The van der Waals surface area contributed by atoms with Gasteiger partial charge in [0.05, 0.1) is 7.11 Å². The van der Waals surface area contributed by atoms with Crippen LogP contribution in [0.1, 0.15) is 34.8 Å². The zero-order valence-electron chi connectivity index (χ0n) is 10.3. The van der Waals surface area contributed by atoms with Gasteiger partial charge >= 0.3 is 0 Å². The quantitative estimate of drug-likeness (QED) is 0.793. The van der Waals surface area contributed by atoms with Crippen molar-refractivity contribution in [2.24, 2.45) is 5.73 Å². The molecule has 0 aliphatic heterocycles. The largest absolute Gasteiger partial charge is 0.496 e. The van der Waals surface area contributed by atoms with Gasteiger partial charge in [0, 0.05) is 18.0 Å². The second-order valence-corrected chi connectivity index (χ2v) is 4.25. The summed E-state index contributed by atoms with van der Waals surface area (Å²) in [6.45, 7) is 5.71. The van der Waals surface area contributed by atoms with Crippen LogP contribution in [0.25, 0.3) is 0 Å². The van der Waals surface area contributed by atoms with E-state index in [1.165, 1.54) is 0 Å². The standard InChI is InChI=1S/C13H19NO2/c1-8-5-11(12(15)7-10(3)14)6-9(2)13(8)16-4/h5-6,10H,7,14H2,1-4H3. The molecule has 1 rings (SSSR count). The number of hydrogen-bond donors (Lipinski definition) is 1. The number of nitrogens with two attached hydrogens (primary N) is 1. The van der Waals surface area contributed by atoms with Crippen molar-refractivity contribution in [3.63, 3.8) is 0 Å². The van der Waals surface area contributed by atoms with Gasteiger partial charge in [0.15, 0.2) is 5.78 Å².